The van der Waals surface area contributed by atoms with Crippen molar-refractivity contribution in [2.24, 2.45) is 11.8 Å². The fourth-order valence-corrected chi connectivity index (χ4v) is 5.66. The molecule has 1 aliphatic heterocycles. The van der Waals surface area contributed by atoms with E-state index in [1.807, 2.05) is 6.92 Å². The number of sulfone groups is 1. The molecule has 152 valence electrons. The predicted molar refractivity (Wildman–Crippen MR) is 106 cm³/mol. The highest BCUT2D eigenvalue weighted by Gasteiger charge is 2.42. The Bertz CT molecular complexity index is 929. The van der Waals surface area contributed by atoms with E-state index in [1.54, 1.807) is 35.6 Å². The van der Waals surface area contributed by atoms with Crippen LogP contribution in [0.5, 0.6) is 5.75 Å². The molecule has 1 aliphatic carbocycles. The molecule has 1 aromatic carbocycles. The second-order valence-corrected chi connectivity index (χ2v) is 11.1. The quantitative estimate of drug-likeness (QED) is 0.785. The molecule has 0 radical (unpaired) electrons. The second kappa shape index (κ2) is 7.70. The van der Waals surface area contributed by atoms with Crippen molar-refractivity contribution in [3.63, 3.8) is 0 Å². The SMILES string of the molecule is Cc1nnc(CN2C[C@H]3C[C@@H](Oc4ccc(S(C)(=O)=O)cc4)[C@H](O)C[C@H]3C2)s1. The minimum Gasteiger partial charge on any atom is -0.488 e. The van der Waals surface area contributed by atoms with Gasteiger partial charge in [-0.25, -0.2) is 8.42 Å². The van der Waals surface area contributed by atoms with E-state index in [-0.39, 0.29) is 11.0 Å². The van der Waals surface area contributed by atoms with Crippen LogP contribution in [0.15, 0.2) is 29.2 Å². The number of rotatable bonds is 5. The van der Waals surface area contributed by atoms with Gasteiger partial charge in [-0.15, -0.1) is 21.5 Å². The first-order valence-corrected chi connectivity index (χ1v) is 12.1. The molecule has 1 N–H and O–H groups in total. The van der Waals surface area contributed by atoms with Crippen LogP contribution >= 0.6 is 11.3 Å². The average molecular weight is 424 g/mol. The molecule has 1 aromatic heterocycles. The summed E-state index contributed by atoms with van der Waals surface area (Å²) in [7, 11) is -3.22. The number of likely N-dealkylation sites (tertiary alicyclic amines) is 1. The molecule has 7 nitrogen and oxygen atoms in total. The third-order valence-electron chi connectivity index (χ3n) is 5.63. The first kappa shape index (κ1) is 19.8. The minimum absolute atomic E-state index is 0.266. The average Bonchev–Trinajstić information content (AvgIpc) is 3.20. The Morgan fingerprint density at radius 1 is 1.18 bits per heavy atom. The highest BCUT2D eigenvalue weighted by molar-refractivity contribution is 7.90. The van der Waals surface area contributed by atoms with Crippen molar-refractivity contribution in [1.29, 1.82) is 0 Å². The van der Waals surface area contributed by atoms with Crippen LogP contribution in [-0.4, -0.2) is 60.2 Å². The molecular weight excluding hydrogens is 398 g/mol. The maximum atomic E-state index is 11.6. The fourth-order valence-electron chi connectivity index (χ4n) is 4.28. The number of aromatic nitrogens is 2. The zero-order valence-corrected chi connectivity index (χ0v) is 17.6. The molecule has 2 fully saturated rings. The summed E-state index contributed by atoms with van der Waals surface area (Å²) in [6.45, 7) is 4.72. The van der Waals surface area contributed by atoms with E-state index in [9.17, 15) is 13.5 Å². The summed E-state index contributed by atoms with van der Waals surface area (Å²) in [5.41, 5.74) is 0. The van der Waals surface area contributed by atoms with E-state index in [2.05, 4.69) is 15.1 Å². The van der Waals surface area contributed by atoms with E-state index < -0.39 is 15.9 Å². The summed E-state index contributed by atoms with van der Waals surface area (Å²) in [6.07, 6.45) is 1.92. The van der Waals surface area contributed by atoms with E-state index >= 15 is 0 Å². The lowest BCUT2D eigenvalue weighted by Gasteiger charge is -2.35. The van der Waals surface area contributed by atoms with E-state index in [4.69, 9.17) is 4.74 Å². The highest BCUT2D eigenvalue weighted by atomic mass is 32.2. The van der Waals surface area contributed by atoms with Gasteiger partial charge in [-0.05, 0) is 55.9 Å². The van der Waals surface area contributed by atoms with Crippen LogP contribution < -0.4 is 4.74 Å². The van der Waals surface area contributed by atoms with Crippen LogP contribution in [-0.2, 0) is 16.4 Å². The third kappa shape index (κ3) is 4.37. The number of benzene rings is 1. The number of aryl methyl sites for hydroxylation is 1. The van der Waals surface area contributed by atoms with Crippen molar-refractivity contribution < 1.29 is 18.3 Å². The maximum Gasteiger partial charge on any atom is 0.175 e. The molecule has 28 heavy (non-hydrogen) atoms. The van der Waals surface area contributed by atoms with E-state index in [1.165, 1.54) is 6.26 Å². The van der Waals surface area contributed by atoms with Crippen molar-refractivity contribution in [2.75, 3.05) is 19.3 Å². The number of hydrogen-bond donors (Lipinski definition) is 1. The molecule has 0 unspecified atom stereocenters. The van der Waals surface area contributed by atoms with Gasteiger partial charge in [0.15, 0.2) is 9.84 Å². The van der Waals surface area contributed by atoms with Gasteiger partial charge in [0.2, 0.25) is 0 Å². The number of aliphatic hydroxyl groups excluding tert-OH is 1. The molecule has 2 aliphatic rings. The molecule has 1 saturated carbocycles. The van der Waals surface area contributed by atoms with Crippen molar-refractivity contribution >= 4 is 21.2 Å². The summed E-state index contributed by atoms with van der Waals surface area (Å²) < 4.78 is 29.2. The summed E-state index contributed by atoms with van der Waals surface area (Å²) in [5.74, 6) is 1.54. The first-order chi connectivity index (χ1) is 13.3. The van der Waals surface area contributed by atoms with Gasteiger partial charge < -0.3 is 9.84 Å². The van der Waals surface area contributed by atoms with Crippen molar-refractivity contribution in [1.82, 2.24) is 15.1 Å². The Labute approximate surface area is 169 Å². The van der Waals surface area contributed by atoms with Gasteiger partial charge in [-0.1, -0.05) is 0 Å². The Kier molecular flexibility index (Phi) is 5.43. The molecule has 2 heterocycles. The van der Waals surface area contributed by atoms with Gasteiger partial charge in [0, 0.05) is 19.3 Å². The second-order valence-electron chi connectivity index (χ2n) is 7.87. The van der Waals surface area contributed by atoms with Crippen molar-refractivity contribution in [3.05, 3.63) is 34.3 Å². The number of nitrogens with zero attached hydrogens (tertiary/aromatic N) is 3. The summed E-state index contributed by atoms with van der Waals surface area (Å²) in [6, 6.07) is 6.41. The lowest BCUT2D eigenvalue weighted by molar-refractivity contribution is -0.0231. The van der Waals surface area contributed by atoms with Gasteiger partial charge in [0.1, 0.15) is 21.9 Å². The van der Waals surface area contributed by atoms with Crippen LogP contribution in [0, 0.1) is 18.8 Å². The molecule has 4 rings (SSSR count). The molecule has 0 amide bonds. The molecule has 0 spiro atoms. The smallest absolute Gasteiger partial charge is 0.175 e. The molecule has 1 saturated heterocycles. The zero-order chi connectivity index (χ0) is 19.9. The molecule has 0 bridgehead atoms. The van der Waals surface area contributed by atoms with Crippen LogP contribution in [0.25, 0.3) is 0 Å². The highest BCUT2D eigenvalue weighted by Crippen LogP contribution is 2.38. The van der Waals surface area contributed by atoms with Crippen molar-refractivity contribution in [3.8, 4) is 5.75 Å². The van der Waals surface area contributed by atoms with E-state index in [0.29, 0.717) is 17.6 Å². The standard InChI is InChI=1S/C19H25N3O4S2/c1-12-20-21-19(27-12)11-22-9-13-7-17(23)18(8-14(13)10-22)26-15-3-5-16(6-4-15)28(2,24)25/h3-6,13-14,17-18,23H,7-11H2,1-2H3/t13-,14+,17+,18+/m0/s1. The Morgan fingerprint density at radius 3 is 2.46 bits per heavy atom. The summed E-state index contributed by atoms with van der Waals surface area (Å²) in [4.78, 5) is 2.66. The summed E-state index contributed by atoms with van der Waals surface area (Å²) in [5, 5.41) is 20.9. The third-order valence-corrected chi connectivity index (χ3v) is 7.58. The molecule has 4 atom stereocenters. The number of fused-ring (bicyclic) bond motifs is 1. The van der Waals surface area contributed by atoms with Gasteiger partial charge >= 0.3 is 0 Å². The predicted octanol–water partition coefficient (Wildman–Crippen LogP) is 1.90. The fraction of sp³-hybridized carbons (Fsp3) is 0.579. The largest absolute Gasteiger partial charge is 0.488 e. The van der Waals surface area contributed by atoms with Crippen LogP contribution in [0.1, 0.15) is 22.9 Å². The monoisotopic (exact) mass is 423 g/mol. The van der Waals surface area contributed by atoms with E-state index in [0.717, 1.165) is 42.5 Å². The molecule has 2 aromatic rings. The van der Waals surface area contributed by atoms with Gasteiger partial charge in [0.05, 0.1) is 17.5 Å². The normalized spacial score (nSPS) is 28.2. The number of ether oxygens (including phenoxy) is 1. The topological polar surface area (TPSA) is 92.6 Å². The summed E-state index contributed by atoms with van der Waals surface area (Å²) >= 11 is 1.63. The Morgan fingerprint density at radius 2 is 1.86 bits per heavy atom. The number of aliphatic hydroxyl groups is 1. The van der Waals surface area contributed by atoms with Gasteiger partial charge in [-0.2, -0.15) is 0 Å². The van der Waals surface area contributed by atoms with Gasteiger partial charge in [-0.3, -0.25) is 4.90 Å². The Hall–Kier alpha value is -1.55. The van der Waals surface area contributed by atoms with Crippen molar-refractivity contribution in [2.45, 2.75) is 43.4 Å². The maximum absolute atomic E-state index is 11.6. The Balaban J connectivity index is 1.37. The van der Waals surface area contributed by atoms with Gasteiger partial charge in [0.25, 0.3) is 0 Å². The lowest BCUT2D eigenvalue weighted by atomic mass is 9.78. The minimum atomic E-state index is -3.22. The zero-order valence-electron chi connectivity index (χ0n) is 16.0. The van der Waals surface area contributed by atoms with Crippen LogP contribution in [0.3, 0.4) is 0 Å². The lowest BCUT2D eigenvalue weighted by Crippen LogP contribution is -2.42. The molecule has 9 heteroatoms. The van der Waals surface area contributed by atoms with Crippen LogP contribution in [0.4, 0.5) is 0 Å². The van der Waals surface area contributed by atoms with Crippen LogP contribution in [0.2, 0.25) is 0 Å². The number of hydrogen-bond acceptors (Lipinski definition) is 8. The first-order valence-electron chi connectivity index (χ1n) is 9.44. The molecular formula is C19H25N3O4S2.